The number of carboxylic acids is 2. The summed E-state index contributed by atoms with van der Waals surface area (Å²) in [4.78, 5) is 36.6. The number of aromatic hydroxyl groups is 1. The van der Waals surface area contributed by atoms with E-state index in [1.54, 1.807) is 0 Å². The van der Waals surface area contributed by atoms with Gasteiger partial charge >= 0.3 is 11.9 Å². The van der Waals surface area contributed by atoms with Gasteiger partial charge in [-0.15, -0.1) is 0 Å². The molecule has 0 unspecified atom stereocenters. The lowest BCUT2D eigenvalue weighted by Gasteiger charge is -2.29. The van der Waals surface area contributed by atoms with Gasteiger partial charge in [-0.1, -0.05) is 5.11 Å². The lowest BCUT2D eigenvalue weighted by Crippen LogP contribution is -2.43. The van der Waals surface area contributed by atoms with E-state index in [-0.39, 0.29) is 42.1 Å². The normalized spacial score (nSPS) is 19.2. The molecule has 5 N–H and O–H groups in total. The summed E-state index contributed by atoms with van der Waals surface area (Å²) < 4.78 is 27.4. The summed E-state index contributed by atoms with van der Waals surface area (Å²) in [6.45, 7) is -0.0642. The second-order valence-corrected chi connectivity index (χ2v) is 9.54. The molecule has 1 atom stereocenters. The first-order valence-electron chi connectivity index (χ1n) is 10.1. The van der Waals surface area contributed by atoms with E-state index in [9.17, 15) is 27.9 Å². The molecule has 0 aliphatic heterocycles. The number of nitrogens with zero attached hydrogens (tertiary/aromatic N) is 3. The number of carbonyl (C=O) groups excluding carboxylic acids is 1. The predicted octanol–water partition coefficient (Wildman–Crippen LogP) is 1.44. The molecule has 1 saturated carbocycles. The number of sulfonamides is 1. The number of aliphatic carboxylic acids is 1. The second kappa shape index (κ2) is 11.5. The van der Waals surface area contributed by atoms with Crippen molar-refractivity contribution in [3.05, 3.63) is 34.2 Å². The second-order valence-electron chi connectivity index (χ2n) is 7.77. The van der Waals surface area contributed by atoms with E-state index in [0.29, 0.717) is 25.7 Å². The fourth-order valence-electron chi connectivity index (χ4n) is 3.63. The third-order valence-electron chi connectivity index (χ3n) is 5.42. The largest absolute Gasteiger partial charge is 0.507 e. The van der Waals surface area contributed by atoms with Crippen LogP contribution in [0.15, 0.2) is 28.2 Å². The molecule has 0 aromatic heterocycles. The number of amides is 1. The molecule has 1 fully saturated rings. The average molecular weight is 484 g/mol. The zero-order chi connectivity index (χ0) is 24.6. The molecule has 1 aliphatic carbocycles. The molecule has 1 aromatic rings. The van der Waals surface area contributed by atoms with Crippen molar-refractivity contribution < 1.29 is 38.1 Å². The Morgan fingerprint density at radius 1 is 1.18 bits per heavy atom. The van der Waals surface area contributed by atoms with Crippen molar-refractivity contribution in [2.45, 2.75) is 43.0 Å². The number of nitrogens with one attached hydrogen (secondary N) is 2. The molecule has 0 bridgehead atoms. The van der Waals surface area contributed by atoms with Crippen LogP contribution in [0.4, 0.5) is 0 Å². The Hall–Kier alpha value is -3.35. The van der Waals surface area contributed by atoms with Gasteiger partial charge in [-0.25, -0.2) is 17.9 Å². The van der Waals surface area contributed by atoms with Gasteiger partial charge in [0.15, 0.2) is 0 Å². The van der Waals surface area contributed by atoms with Crippen molar-refractivity contribution >= 4 is 27.9 Å². The summed E-state index contributed by atoms with van der Waals surface area (Å²) in [5.41, 5.74) is 8.00. The molecule has 0 spiro atoms. The summed E-state index contributed by atoms with van der Waals surface area (Å²) in [5, 5.41) is 33.5. The first kappa shape index (κ1) is 25.9. The number of hydrogen-bond donors (Lipinski definition) is 5. The number of carboxylic acid groups (broad SMARTS) is 2. The Balaban J connectivity index is 1.87. The van der Waals surface area contributed by atoms with Crippen LogP contribution in [0.3, 0.4) is 0 Å². The van der Waals surface area contributed by atoms with Crippen molar-refractivity contribution in [3.8, 4) is 5.75 Å². The van der Waals surface area contributed by atoms with Crippen molar-refractivity contribution in [1.82, 2.24) is 10.0 Å². The predicted molar refractivity (Wildman–Crippen MR) is 114 cm³/mol. The summed E-state index contributed by atoms with van der Waals surface area (Å²) >= 11 is 0. The zero-order valence-corrected chi connectivity index (χ0v) is 18.4. The maximum atomic E-state index is 12.5. The first-order valence-corrected chi connectivity index (χ1v) is 11.6. The van der Waals surface area contributed by atoms with Crippen LogP contribution in [0.25, 0.3) is 10.4 Å². The van der Waals surface area contributed by atoms with Crippen LogP contribution in [0.5, 0.6) is 5.75 Å². The minimum Gasteiger partial charge on any atom is -0.507 e. The molecule has 1 aromatic carbocycles. The van der Waals surface area contributed by atoms with Crippen molar-refractivity contribution in [2.24, 2.45) is 17.0 Å². The van der Waals surface area contributed by atoms with Gasteiger partial charge in [0.25, 0.3) is 0 Å². The van der Waals surface area contributed by atoms with Crippen LogP contribution in [0.2, 0.25) is 0 Å². The lowest BCUT2D eigenvalue weighted by molar-refractivity contribution is -0.137. The van der Waals surface area contributed by atoms with Gasteiger partial charge in [0.1, 0.15) is 11.3 Å². The maximum absolute atomic E-state index is 12.5. The quantitative estimate of drug-likeness (QED) is 0.176. The molecule has 1 amide bonds. The molecule has 1 aliphatic rings. The molecular weight excluding hydrogens is 458 g/mol. The van der Waals surface area contributed by atoms with E-state index in [2.05, 4.69) is 20.1 Å². The van der Waals surface area contributed by atoms with Crippen LogP contribution in [-0.2, 0) is 19.6 Å². The fourth-order valence-corrected chi connectivity index (χ4v) is 4.76. The third-order valence-corrected chi connectivity index (χ3v) is 6.84. The highest BCUT2D eigenvalue weighted by atomic mass is 32.2. The van der Waals surface area contributed by atoms with Gasteiger partial charge in [0, 0.05) is 36.0 Å². The number of azide groups is 1. The molecule has 0 radical (unpaired) electrons. The van der Waals surface area contributed by atoms with Gasteiger partial charge < -0.3 is 20.6 Å². The zero-order valence-electron chi connectivity index (χ0n) is 17.5. The van der Waals surface area contributed by atoms with Gasteiger partial charge in [0.05, 0.1) is 11.3 Å². The standard InChI is InChI=1S/C19H25N5O8S/c20-24-21-10-13(7-17(26)27)23-18(28)12-3-1-11(2-4-12)9-22-33(31,32)14-5-6-15(19(29)30)16(25)8-14/h5-6,8,11-13,22,25H,1-4,7,9-10H2,(H,23,28)(H,26,27)(H,29,30)/t11?,12?,13-/m0/s1. The smallest absolute Gasteiger partial charge is 0.339 e. The van der Waals surface area contributed by atoms with Crippen molar-refractivity contribution in [3.63, 3.8) is 0 Å². The molecule has 0 saturated heterocycles. The van der Waals surface area contributed by atoms with Crippen LogP contribution < -0.4 is 10.0 Å². The Morgan fingerprint density at radius 3 is 2.39 bits per heavy atom. The Bertz CT molecular complexity index is 1040. The summed E-state index contributed by atoms with van der Waals surface area (Å²) in [5.74, 6) is -3.89. The first-order chi connectivity index (χ1) is 15.5. The summed E-state index contributed by atoms with van der Waals surface area (Å²) in [6.07, 6.45) is 1.71. The van der Waals surface area contributed by atoms with E-state index < -0.39 is 39.3 Å². The van der Waals surface area contributed by atoms with Crippen LogP contribution in [0, 0.1) is 11.8 Å². The highest BCUT2D eigenvalue weighted by Gasteiger charge is 2.29. The highest BCUT2D eigenvalue weighted by molar-refractivity contribution is 7.89. The number of phenols is 1. The SMILES string of the molecule is [N-]=[N+]=NC[C@H](CC(=O)O)NC(=O)C1CCC(CNS(=O)(=O)c2ccc(C(=O)O)c(O)c2)CC1. The molecular formula is C19H25N5O8S. The molecule has 2 rings (SSSR count). The van der Waals surface area contributed by atoms with Crippen molar-refractivity contribution in [1.29, 1.82) is 0 Å². The number of benzene rings is 1. The van der Waals surface area contributed by atoms with Gasteiger partial charge in [-0.05, 0) is 49.3 Å². The van der Waals surface area contributed by atoms with E-state index in [0.717, 1.165) is 18.2 Å². The topological polar surface area (TPSA) is 219 Å². The Kier molecular flexibility index (Phi) is 9.02. The number of rotatable bonds is 11. The third kappa shape index (κ3) is 7.63. The Morgan fingerprint density at radius 2 is 1.85 bits per heavy atom. The minimum absolute atomic E-state index is 0.0336. The molecule has 13 nitrogen and oxygen atoms in total. The molecule has 33 heavy (non-hydrogen) atoms. The average Bonchev–Trinajstić information content (AvgIpc) is 2.75. The van der Waals surface area contributed by atoms with Crippen molar-refractivity contribution in [2.75, 3.05) is 13.1 Å². The van der Waals surface area contributed by atoms with E-state index in [1.807, 2.05) is 0 Å². The summed E-state index contributed by atoms with van der Waals surface area (Å²) in [7, 11) is -3.97. The molecule has 180 valence electrons. The van der Waals surface area contributed by atoms with Crippen LogP contribution in [-0.4, -0.2) is 60.7 Å². The molecule has 14 heteroatoms. The Labute approximate surface area is 189 Å². The maximum Gasteiger partial charge on any atom is 0.339 e. The fraction of sp³-hybridized carbons (Fsp3) is 0.526. The van der Waals surface area contributed by atoms with E-state index >= 15 is 0 Å². The number of hydrogen-bond acceptors (Lipinski definition) is 7. The summed E-state index contributed by atoms with van der Waals surface area (Å²) in [6, 6.07) is 2.17. The monoisotopic (exact) mass is 483 g/mol. The lowest BCUT2D eigenvalue weighted by atomic mass is 9.81. The van der Waals surface area contributed by atoms with E-state index in [4.69, 9.17) is 15.7 Å². The van der Waals surface area contributed by atoms with Gasteiger partial charge in [-0.2, -0.15) is 0 Å². The number of carbonyl (C=O) groups is 3. The number of aromatic carboxylic acids is 1. The van der Waals surface area contributed by atoms with Gasteiger partial charge in [-0.3, -0.25) is 9.59 Å². The van der Waals surface area contributed by atoms with Gasteiger partial charge in [0.2, 0.25) is 15.9 Å². The van der Waals surface area contributed by atoms with Crippen LogP contribution >= 0.6 is 0 Å². The molecule has 0 heterocycles. The minimum atomic E-state index is -3.97. The van der Waals surface area contributed by atoms with E-state index in [1.165, 1.54) is 0 Å². The van der Waals surface area contributed by atoms with Crippen LogP contribution in [0.1, 0.15) is 42.5 Å². The highest BCUT2D eigenvalue weighted by Crippen LogP contribution is 2.29.